The highest BCUT2D eigenvalue weighted by molar-refractivity contribution is 5.95. The molecule has 0 aliphatic carbocycles. The van der Waals surface area contributed by atoms with Crippen molar-refractivity contribution in [3.63, 3.8) is 0 Å². The quantitative estimate of drug-likeness (QED) is 0.828. The van der Waals surface area contributed by atoms with Gasteiger partial charge in [-0.2, -0.15) is 0 Å². The number of ether oxygens (including phenoxy) is 2. The number of carboxylic acid groups (broad SMARTS) is 1. The summed E-state index contributed by atoms with van der Waals surface area (Å²) in [5.41, 5.74) is 1.50. The van der Waals surface area contributed by atoms with Gasteiger partial charge in [-0.05, 0) is 44.4 Å². The lowest BCUT2D eigenvalue weighted by Crippen LogP contribution is -2.44. The molecule has 24 heavy (non-hydrogen) atoms. The Hall–Kier alpha value is -2.08. The number of carbonyl (C=O) groups is 2. The Balaban J connectivity index is 2.22. The van der Waals surface area contributed by atoms with Gasteiger partial charge in [0.15, 0.2) is 0 Å². The number of carboxylic acids is 1. The van der Waals surface area contributed by atoms with Crippen LogP contribution < -0.4 is 4.74 Å². The molecule has 1 aliphatic rings. The smallest absolute Gasteiger partial charge is 0.305 e. The molecule has 1 saturated heterocycles. The van der Waals surface area contributed by atoms with Gasteiger partial charge in [0.1, 0.15) is 5.75 Å². The zero-order valence-electron chi connectivity index (χ0n) is 14.3. The van der Waals surface area contributed by atoms with Gasteiger partial charge in [0.2, 0.25) is 0 Å². The molecule has 1 fully saturated rings. The van der Waals surface area contributed by atoms with Crippen LogP contribution >= 0.6 is 0 Å². The number of aryl methyl sites for hydroxylation is 1. The van der Waals surface area contributed by atoms with Gasteiger partial charge in [0, 0.05) is 31.4 Å². The van der Waals surface area contributed by atoms with E-state index in [0.29, 0.717) is 31.1 Å². The van der Waals surface area contributed by atoms with E-state index in [2.05, 4.69) is 0 Å². The molecule has 1 aromatic rings. The molecular weight excluding hydrogens is 310 g/mol. The maximum atomic E-state index is 13.0. The van der Waals surface area contributed by atoms with E-state index in [1.54, 1.807) is 17.0 Å². The van der Waals surface area contributed by atoms with Gasteiger partial charge >= 0.3 is 5.97 Å². The molecule has 0 radical (unpaired) electrons. The van der Waals surface area contributed by atoms with Crippen molar-refractivity contribution in [1.29, 1.82) is 0 Å². The van der Waals surface area contributed by atoms with Crippen molar-refractivity contribution in [2.75, 3.05) is 26.4 Å². The Morgan fingerprint density at radius 2 is 2.04 bits per heavy atom. The van der Waals surface area contributed by atoms with E-state index in [9.17, 15) is 9.59 Å². The number of aliphatic carboxylic acids is 1. The van der Waals surface area contributed by atoms with Gasteiger partial charge in [0.05, 0.1) is 13.0 Å². The van der Waals surface area contributed by atoms with Gasteiger partial charge in [-0.15, -0.1) is 0 Å². The monoisotopic (exact) mass is 335 g/mol. The zero-order chi connectivity index (χ0) is 17.5. The predicted molar refractivity (Wildman–Crippen MR) is 89.5 cm³/mol. The number of hydrogen-bond donors (Lipinski definition) is 1. The largest absolute Gasteiger partial charge is 0.494 e. The third-order valence-electron chi connectivity index (χ3n) is 4.19. The van der Waals surface area contributed by atoms with Crippen LogP contribution in [-0.2, 0) is 9.53 Å². The minimum absolute atomic E-state index is 0.0162. The van der Waals surface area contributed by atoms with Crippen molar-refractivity contribution in [3.8, 4) is 5.75 Å². The fraction of sp³-hybridized carbons (Fsp3) is 0.556. The molecule has 6 heteroatoms. The summed E-state index contributed by atoms with van der Waals surface area (Å²) in [5, 5.41) is 8.98. The first-order valence-corrected chi connectivity index (χ1v) is 8.37. The molecule has 0 spiro atoms. The number of hydrogen-bond acceptors (Lipinski definition) is 4. The molecule has 132 valence electrons. The normalized spacial score (nSPS) is 15.1. The van der Waals surface area contributed by atoms with E-state index in [0.717, 1.165) is 18.4 Å². The Morgan fingerprint density at radius 1 is 1.33 bits per heavy atom. The average Bonchev–Trinajstić information content (AvgIpc) is 2.58. The second-order valence-corrected chi connectivity index (χ2v) is 5.90. The summed E-state index contributed by atoms with van der Waals surface area (Å²) in [6, 6.07) is 5.39. The van der Waals surface area contributed by atoms with Crippen molar-refractivity contribution in [2.45, 2.75) is 39.2 Å². The van der Waals surface area contributed by atoms with Crippen molar-refractivity contribution >= 4 is 11.9 Å². The maximum Gasteiger partial charge on any atom is 0.305 e. The van der Waals surface area contributed by atoms with Crippen LogP contribution in [0.3, 0.4) is 0 Å². The summed E-state index contributed by atoms with van der Waals surface area (Å²) in [7, 11) is 0. The minimum Gasteiger partial charge on any atom is -0.494 e. The molecule has 6 nitrogen and oxygen atoms in total. The van der Waals surface area contributed by atoms with Crippen molar-refractivity contribution in [3.05, 3.63) is 29.3 Å². The predicted octanol–water partition coefficient (Wildman–Crippen LogP) is 2.49. The molecule has 0 unspecified atom stereocenters. The Kier molecular flexibility index (Phi) is 6.61. The maximum absolute atomic E-state index is 13.0. The van der Waals surface area contributed by atoms with E-state index >= 15 is 0 Å². The van der Waals surface area contributed by atoms with Crippen LogP contribution in [0.15, 0.2) is 18.2 Å². The molecule has 1 N–H and O–H groups in total. The molecule has 1 amide bonds. The van der Waals surface area contributed by atoms with Crippen LogP contribution in [-0.4, -0.2) is 54.3 Å². The second kappa shape index (κ2) is 8.68. The van der Waals surface area contributed by atoms with E-state index in [4.69, 9.17) is 14.6 Å². The summed E-state index contributed by atoms with van der Waals surface area (Å²) in [5.74, 6) is -0.364. The summed E-state index contributed by atoms with van der Waals surface area (Å²) in [4.78, 5) is 25.6. The third kappa shape index (κ3) is 4.71. The lowest BCUT2D eigenvalue weighted by Gasteiger charge is -2.34. The first-order chi connectivity index (χ1) is 11.5. The van der Waals surface area contributed by atoms with Crippen LogP contribution in [0.4, 0.5) is 0 Å². The number of amides is 1. The first-order valence-electron chi connectivity index (χ1n) is 8.37. The van der Waals surface area contributed by atoms with Gasteiger partial charge < -0.3 is 19.5 Å². The first kappa shape index (κ1) is 18.3. The SMILES string of the molecule is CCOc1cc(C(=O)N(CCC(=O)O)C2CCOCC2)ccc1C. The molecule has 1 aliphatic heterocycles. The van der Waals surface area contributed by atoms with Crippen LogP contribution in [0.1, 0.15) is 42.1 Å². The fourth-order valence-corrected chi connectivity index (χ4v) is 2.87. The number of benzene rings is 1. The molecule has 0 aromatic heterocycles. The Bertz CT molecular complexity index is 581. The summed E-state index contributed by atoms with van der Waals surface area (Å²) >= 11 is 0. The number of nitrogens with zero attached hydrogens (tertiary/aromatic N) is 1. The Labute approximate surface area is 142 Å². The van der Waals surface area contributed by atoms with E-state index in [1.165, 1.54) is 0 Å². The lowest BCUT2D eigenvalue weighted by atomic mass is 10.0. The minimum atomic E-state index is -0.904. The lowest BCUT2D eigenvalue weighted by molar-refractivity contribution is -0.137. The fourth-order valence-electron chi connectivity index (χ4n) is 2.87. The molecular formula is C18H25NO5. The van der Waals surface area contributed by atoms with Gasteiger partial charge in [-0.1, -0.05) is 6.07 Å². The Morgan fingerprint density at radius 3 is 2.67 bits per heavy atom. The summed E-state index contributed by atoms with van der Waals surface area (Å²) in [6.07, 6.45) is 1.40. The van der Waals surface area contributed by atoms with Crippen molar-refractivity contribution in [2.24, 2.45) is 0 Å². The zero-order valence-corrected chi connectivity index (χ0v) is 14.3. The second-order valence-electron chi connectivity index (χ2n) is 5.90. The van der Waals surface area contributed by atoms with Crippen LogP contribution in [0.5, 0.6) is 5.75 Å². The molecule has 0 bridgehead atoms. The van der Waals surface area contributed by atoms with E-state index < -0.39 is 5.97 Å². The van der Waals surface area contributed by atoms with Crippen LogP contribution in [0.2, 0.25) is 0 Å². The number of carbonyl (C=O) groups excluding carboxylic acids is 1. The van der Waals surface area contributed by atoms with Crippen LogP contribution in [0, 0.1) is 6.92 Å². The van der Waals surface area contributed by atoms with E-state index in [1.807, 2.05) is 19.9 Å². The third-order valence-corrected chi connectivity index (χ3v) is 4.19. The molecule has 1 aromatic carbocycles. The topological polar surface area (TPSA) is 76.1 Å². The standard InChI is InChI=1S/C18H25NO5/c1-3-24-16-12-14(5-4-13(16)2)18(22)19(9-6-17(20)21)15-7-10-23-11-8-15/h4-5,12,15H,3,6-11H2,1-2H3,(H,20,21). The van der Waals surface area contributed by atoms with Crippen molar-refractivity contribution < 1.29 is 24.2 Å². The highest BCUT2D eigenvalue weighted by atomic mass is 16.5. The highest BCUT2D eigenvalue weighted by Crippen LogP contribution is 2.23. The summed E-state index contributed by atoms with van der Waals surface area (Å²) < 4.78 is 10.9. The van der Waals surface area contributed by atoms with Gasteiger partial charge in [-0.3, -0.25) is 9.59 Å². The van der Waals surface area contributed by atoms with E-state index in [-0.39, 0.29) is 24.9 Å². The molecule has 2 rings (SSSR count). The van der Waals surface area contributed by atoms with Crippen molar-refractivity contribution in [1.82, 2.24) is 4.90 Å². The molecule has 0 saturated carbocycles. The van der Waals surface area contributed by atoms with Gasteiger partial charge in [-0.25, -0.2) is 0 Å². The highest BCUT2D eigenvalue weighted by Gasteiger charge is 2.27. The molecule has 0 atom stereocenters. The summed E-state index contributed by atoms with van der Waals surface area (Å²) in [6.45, 7) is 5.76. The average molecular weight is 335 g/mol. The van der Waals surface area contributed by atoms with Crippen LogP contribution in [0.25, 0.3) is 0 Å². The number of rotatable bonds is 7. The molecule has 1 heterocycles. The van der Waals surface area contributed by atoms with Gasteiger partial charge in [0.25, 0.3) is 5.91 Å².